The Morgan fingerprint density at radius 1 is 0.827 bits per heavy atom. The Morgan fingerprint density at radius 3 is 2.31 bits per heavy atom. The van der Waals surface area contributed by atoms with Crippen molar-refractivity contribution in [3.63, 3.8) is 0 Å². The van der Waals surface area contributed by atoms with E-state index in [0.29, 0.717) is 42.4 Å². The lowest BCUT2D eigenvalue weighted by molar-refractivity contribution is -0.374. The molecule has 13 heteroatoms. The van der Waals surface area contributed by atoms with Gasteiger partial charge in [0.1, 0.15) is 42.7 Å². The number of fused-ring (bicyclic) bond motifs is 7. The molecule has 4 saturated heterocycles. The molecule has 0 aromatic heterocycles. The van der Waals surface area contributed by atoms with E-state index >= 15 is 0 Å². The number of hydrogen-bond donors (Lipinski definition) is 7. The standard InChI is InChI=1S/C39H62O13/c1-17-8-11-39(47-16-17)18(2)28-25(52-39)14-24-22-7-6-20-12-21(41)13-27(38(20,5)23(22)9-10-37(24,28)4)50-36-34(32(45)30(43)26(15-40)49-36)51-35-33(46)31(44)29(42)19(3)48-35/h6,17-19,21-36,40-46H,7-16H2,1-5H3/t17-,18+,19-,21+,22-,23-,24-,25+,26-,27-,28+,29+,30+,31-,32-,33-,34-,35+,36-,37+,38+,39-/m1/s1. The zero-order valence-electron chi connectivity index (χ0n) is 31.2. The fourth-order valence-corrected chi connectivity index (χ4v) is 12.6. The number of allylic oxidation sites excluding steroid dienone is 1. The second-order valence-corrected chi connectivity index (χ2v) is 18.3. The molecule has 52 heavy (non-hydrogen) atoms. The Balaban J connectivity index is 1.06. The van der Waals surface area contributed by atoms with E-state index in [9.17, 15) is 35.7 Å². The maximum atomic E-state index is 11.3. The number of hydrogen-bond acceptors (Lipinski definition) is 13. The smallest absolute Gasteiger partial charge is 0.187 e. The third-order valence-electron chi connectivity index (χ3n) is 15.6. The molecule has 4 aliphatic carbocycles. The van der Waals surface area contributed by atoms with Gasteiger partial charge in [-0.05, 0) is 80.5 Å². The summed E-state index contributed by atoms with van der Waals surface area (Å²) < 4.78 is 38.2. The number of aliphatic hydroxyl groups excluding tert-OH is 7. The lowest BCUT2D eigenvalue weighted by atomic mass is 9.46. The van der Waals surface area contributed by atoms with E-state index in [0.717, 1.165) is 50.7 Å². The highest BCUT2D eigenvalue weighted by Crippen LogP contribution is 2.71. The molecule has 4 heterocycles. The molecule has 7 N–H and O–H groups in total. The summed E-state index contributed by atoms with van der Waals surface area (Å²) in [6, 6.07) is 0. The van der Waals surface area contributed by atoms with Gasteiger partial charge in [0, 0.05) is 24.2 Å². The highest BCUT2D eigenvalue weighted by Gasteiger charge is 2.69. The van der Waals surface area contributed by atoms with Crippen molar-refractivity contribution in [2.75, 3.05) is 13.2 Å². The Kier molecular flexibility index (Phi) is 10.0. The molecule has 22 atom stereocenters. The van der Waals surface area contributed by atoms with E-state index in [1.807, 2.05) is 0 Å². The molecule has 1 spiro atoms. The van der Waals surface area contributed by atoms with Crippen molar-refractivity contribution in [3.05, 3.63) is 11.6 Å². The first-order chi connectivity index (χ1) is 24.6. The highest BCUT2D eigenvalue weighted by molar-refractivity contribution is 5.29. The molecule has 0 amide bonds. The summed E-state index contributed by atoms with van der Waals surface area (Å²) in [4.78, 5) is 0. The predicted molar refractivity (Wildman–Crippen MR) is 183 cm³/mol. The van der Waals surface area contributed by atoms with Crippen molar-refractivity contribution < 1.29 is 64.2 Å². The van der Waals surface area contributed by atoms with Gasteiger partial charge in [-0.25, -0.2) is 0 Å². The molecule has 8 aliphatic rings. The van der Waals surface area contributed by atoms with Crippen molar-refractivity contribution in [2.24, 2.45) is 46.3 Å². The summed E-state index contributed by atoms with van der Waals surface area (Å²) in [5, 5.41) is 74.9. The minimum Gasteiger partial charge on any atom is -0.394 e. The average molecular weight is 739 g/mol. The molecule has 7 fully saturated rings. The van der Waals surface area contributed by atoms with Crippen molar-refractivity contribution in [1.29, 1.82) is 0 Å². The van der Waals surface area contributed by atoms with Crippen LogP contribution in [0.5, 0.6) is 0 Å². The minimum absolute atomic E-state index is 0.101. The van der Waals surface area contributed by atoms with E-state index in [4.69, 9.17) is 28.4 Å². The second-order valence-electron chi connectivity index (χ2n) is 18.3. The summed E-state index contributed by atoms with van der Waals surface area (Å²) >= 11 is 0. The zero-order valence-corrected chi connectivity index (χ0v) is 31.2. The molecular formula is C39H62O13. The fraction of sp³-hybridized carbons (Fsp3) is 0.949. The number of ether oxygens (including phenoxy) is 6. The van der Waals surface area contributed by atoms with E-state index < -0.39 is 91.4 Å². The first kappa shape index (κ1) is 38.1. The fourth-order valence-electron chi connectivity index (χ4n) is 12.6. The molecule has 4 aliphatic heterocycles. The van der Waals surface area contributed by atoms with Crippen LogP contribution in [0.25, 0.3) is 0 Å². The second kappa shape index (κ2) is 13.7. The lowest BCUT2D eigenvalue weighted by Gasteiger charge is -2.60. The van der Waals surface area contributed by atoms with Crippen LogP contribution in [0.1, 0.15) is 86.0 Å². The van der Waals surface area contributed by atoms with E-state index in [2.05, 4.69) is 33.8 Å². The third kappa shape index (κ3) is 5.74. The van der Waals surface area contributed by atoms with Gasteiger partial charge in [0.15, 0.2) is 18.4 Å². The number of aliphatic hydroxyl groups is 7. The van der Waals surface area contributed by atoms with Crippen LogP contribution in [0.3, 0.4) is 0 Å². The van der Waals surface area contributed by atoms with Crippen LogP contribution in [-0.4, -0.2) is 134 Å². The van der Waals surface area contributed by atoms with Crippen LogP contribution in [0.15, 0.2) is 11.6 Å². The largest absolute Gasteiger partial charge is 0.394 e. The quantitative estimate of drug-likeness (QED) is 0.200. The van der Waals surface area contributed by atoms with Gasteiger partial charge in [-0.3, -0.25) is 0 Å². The van der Waals surface area contributed by atoms with Crippen LogP contribution in [0, 0.1) is 46.3 Å². The van der Waals surface area contributed by atoms with Crippen LogP contribution < -0.4 is 0 Å². The maximum Gasteiger partial charge on any atom is 0.187 e. The molecule has 0 aromatic carbocycles. The maximum absolute atomic E-state index is 11.3. The van der Waals surface area contributed by atoms with Gasteiger partial charge in [-0.1, -0.05) is 39.3 Å². The first-order valence-corrected chi connectivity index (χ1v) is 19.9. The third-order valence-corrected chi connectivity index (χ3v) is 15.6. The Labute approximate surface area is 306 Å². The van der Waals surface area contributed by atoms with Gasteiger partial charge in [0.05, 0.1) is 37.6 Å². The van der Waals surface area contributed by atoms with Crippen LogP contribution in [0.2, 0.25) is 0 Å². The van der Waals surface area contributed by atoms with E-state index in [1.54, 1.807) is 0 Å². The monoisotopic (exact) mass is 738 g/mol. The van der Waals surface area contributed by atoms with Crippen molar-refractivity contribution in [3.8, 4) is 0 Å². The minimum atomic E-state index is -1.66. The van der Waals surface area contributed by atoms with Gasteiger partial charge in [0.25, 0.3) is 0 Å². The Hall–Kier alpha value is -0.780. The van der Waals surface area contributed by atoms with Crippen LogP contribution in [-0.2, 0) is 28.4 Å². The SMILES string of the molecule is C[C@@H]1CC[C@@]2(OC1)O[C@H]1C[C@@H]3[C@@H]4CC=C5C[C@H](O)C[C@@H](O[C@H]6O[C@H](CO)[C@H](O)[C@@H](O)[C@H]6O[C@@H]6O[C@H](C)[C@H](O)[C@@H](O)[C@H]6O)[C@]5(C)[C@@H]4CC[C@]3(C)[C@H]1[C@@H]2C. The average Bonchev–Trinajstić information content (AvgIpc) is 3.56. The van der Waals surface area contributed by atoms with E-state index in [1.165, 1.54) is 6.92 Å². The van der Waals surface area contributed by atoms with Gasteiger partial charge in [-0.15, -0.1) is 0 Å². The molecule has 0 bridgehead atoms. The van der Waals surface area contributed by atoms with Crippen molar-refractivity contribution in [1.82, 2.24) is 0 Å². The summed E-state index contributed by atoms with van der Waals surface area (Å²) in [7, 11) is 0. The summed E-state index contributed by atoms with van der Waals surface area (Å²) in [5.74, 6) is 1.86. The van der Waals surface area contributed by atoms with Gasteiger partial charge in [-0.2, -0.15) is 0 Å². The highest BCUT2D eigenvalue weighted by atomic mass is 16.8. The Morgan fingerprint density at radius 2 is 1.60 bits per heavy atom. The van der Waals surface area contributed by atoms with E-state index in [-0.39, 0.29) is 17.4 Å². The normalized spacial score (nSPS) is 58.9. The molecular weight excluding hydrogens is 676 g/mol. The van der Waals surface area contributed by atoms with Crippen molar-refractivity contribution in [2.45, 2.75) is 171 Å². The molecule has 13 nitrogen and oxygen atoms in total. The summed E-state index contributed by atoms with van der Waals surface area (Å²) in [6.07, 6.45) is -5.95. The molecule has 8 rings (SSSR count). The molecule has 3 saturated carbocycles. The molecule has 0 aromatic rings. The lowest BCUT2D eigenvalue weighted by Crippen LogP contribution is -2.65. The van der Waals surface area contributed by atoms with Gasteiger partial charge in [0.2, 0.25) is 0 Å². The van der Waals surface area contributed by atoms with Crippen molar-refractivity contribution >= 4 is 0 Å². The zero-order chi connectivity index (χ0) is 37.1. The van der Waals surface area contributed by atoms with Crippen LogP contribution in [0.4, 0.5) is 0 Å². The topological polar surface area (TPSA) is 197 Å². The van der Waals surface area contributed by atoms with Crippen LogP contribution >= 0.6 is 0 Å². The Bertz CT molecular complexity index is 1340. The summed E-state index contributed by atoms with van der Waals surface area (Å²) in [5.41, 5.74) is 0.762. The van der Waals surface area contributed by atoms with Gasteiger partial charge < -0.3 is 64.2 Å². The molecule has 0 unspecified atom stereocenters. The number of rotatable bonds is 5. The molecule has 296 valence electrons. The summed E-state index contributed by atoms with van der Waals surface area (Å²) in [6.45, 7) is 11.0. The predicted octanol–water partition coefficient (Wildman–Crippen LogP) is 1.36. The first-order valence-electron chi connectivity index (χ1n) is 19.9. The molecule has 0 radical (unpaired) electrons. The van der Waals surface area contributed by atoms with Gasteiger partial charge >= 0.3 is 0 Å².